The molecule has 2 rings (SSSR count). The molecule has 0 atom stereocenters. The normalized spacial score (nSPS) is 14.9. The van der Waals surface area contributed by atoms with Gasteiger partial charge in [-0.1, -0.05) is 0 Å². The average Bonchev–Trinajstić information content (AvgIpc) is 2.51. The summed E-state index contributed by atoms with van der Waals surface area (Å²) in [6.07, 6.45) is 1.40. The Hall–Kier alpha value is -1.96. The van der Waals surface area contributed by atoms with E-state index < -0.39 is 5.82 Å². The van der Waals surface area contributed by atoms with Crippen LogP contribution in [0, 0.1) is 5.82 Å². The molecule has 2 heterocycles. The Morgan fingerprint density at radius 3 is 2.90 bits per heavy atom. The minimum absolute atomic E-state index is 0.0344. The molecule has 0 spiro atoms. The summed E-state index contributed by atoms with van der Waals surface area (Å²) < 4.78 is 18.8. The van der Waals surface area contributed by atoms with Gasteiger partial charge in [0.15, 0.2) is 11.6 Å². The maximum atomic E-state index is 13.6. The van der Waals surface area contributed by atoms with Crippen molar-refractivity contribution in [2.45, 2.75) is 13.3 Å². The van der Waals surface area contributed by atoms with Gasteiger partial charge in [-0.15, -0.1) is 0 Å². The first kappa shape index (κ1) is 15.4. The molecule has 1 aromatic heterocycles. The molecule has 1 aliphatic heterocycles. The molecule has 2 N–H and O–H groups in total. The third kappa shape index (κ3) is 4.52. The van der Waals surface area contributed by atoms with Crippen LogP contribution in [0.2, 0.25) is 0 Å². The first-order valence-corrected chi connectivity index (χ1v) is 7.06. The minimum Gasteiger partial charge on any atom is -0.378 e. The van der Waals surface area contributed by atoms with Crippen LogP contribution < -0.4 is 10.6 Å². The molecule has 1 saturated heterocycles. The molecule has 8 heteroatoms. The lowest BCUT2D eigenvalue weighted by Gasteiger charge is -2.26. The van der Waals surface area contributed by atoms with Crippen molar-refractivity contribution in [1.29, 1.82) is 0 Å². The highest BCUT2D eigenvalue weighted by molar-refractivity contribution is 5.76. The van der Waals surface area contributed by atoms with Gasteiger partial charge in [0, 0.05) is 32.6 Å². The zero-order chi connectivity index (χ0) is 15.1. The molecular weight excluding hydrogens is 277 g/mol. The van der Waals surface area contributed by atoms with E-state index in [1.165, 1.54) is 0 Å². The van der Waals surface area contributed by atoms with Gasteiger partial charge in [0.2, 0.25) is 11.9 Å². The Bertz CT molecular complexity index is 480. The second-order valence-electron chi connectivity index (χ2n) is 4.59. The lowest BCUT2D eigenvalue weighted by atomic mass is 10.3. The average molecular weight is 297 g/mol. The van der Waals surface area contributed by atoms with Crippen molar-refractivity contribution in [2.24, 2.45) is 0 Å². The predicted octanol–water partition coefficient (Wildman–Crippen LogP) is 0.708. The van der Waals surface area contributed by atoms with E-state index >= 15 is 0 Å². The van der Waals surface area contributed by atoms with Crippen LogP contribution in [0.5, 0.6) is 0 Å². The molecule has 0 saturated carbocycles. The molecule has 0 unspecified atom stereocenters. The number of hydrogen-bond acceptors (Lipinski definition) is 6. The van der Waals surface area contributed by atoms with Crippen molar-refractivity contribution in [2.75, 3.05) is 50.0 Å². The van der Waals surface area contributed by atoms with Gasteiger partial charge in [0.05, 0.1) is 19.4 Å². The Morgan fingerprint density at radius 2 is 2.19 bits per heavy atom. The zero-order valence-electron chi connectivity index (χ0n) is 12.1. The summed E-state index contributed by atoms with van der Waals surface area (Å²) in [5, 5.41) is 5.74. The van der Waals surface area contributed by atoms with Crippen LogP contribution in [0.3, 0.4) is 0 Å². The summed E-state index contributed by atoms with van der Waals surface area (Å²) in [6.45, 7) is 5.27. The third-order valence-electron chi connectivity index (χ3n) is 3.07. The molecule has 0 aliphatic carbocycles. The van der Waals surface area contributed by atoms with E-state index in [0.717, 1.165) is 6.20 Å². The standard InChI is InChI=1S/C13H20FN5O2/c1-2-15-13-17-9-10(14)12(18-13)16-4-3-11(20)19-5-7-21-8-6-19/h9H,2-8H2,1H3,(H2,15,16,17,18). The molecule has 1 aliphatic rings. The summed E-state index contributed by atoms with van der Waals surface area (Å²) in [5.41, 5.74) is 0. The number of carbonyl (C=O) groups is 1. The SMILES string of the molecule is CCNc1ncc(F)c(NCCC(=O)N2CCOCC2)n1. The van der Waals surface area contributed by atoms with Crippen molar-refractivity contribution in [3.8, 4) is 0 Å². The van der Waals surface area contributed by atoms with E-state index in [9.17, 15) is 9.18 Å². The summed E-state index contributed by atoms with van der Waals surface area (Å²) in [5.74, 6) is -0.0284. The number of morpholine rings is 1. The summed E-state index contributed by atoms with van der Waals surface area (Å²) in [6, 6.07) is 0. The quantitative estimate of drug-likeness (QED) is 0.805. The second-order valence-corrected chi connectivity index (χ2v) is 4.59. The van der Waals surface area contributed by atoms with Gasteiger partial charge < -0.3 is 20.3 Å². The number of nitrogens with one attached hydrogen (secondary N) is 2. The molecule has 0 radical (unpaired) electrons. The van der Waals surface area contributed by atoms with Crippen LogP contribution in [0.4, 0.5) is 16.2 Å². The third-order valence-corrected chi connectivity index (χ3v) is 3.07. The van der Waals surface area contributed by atoms with Crippen molar-refractivity contribution in [3.63, 3.8) is 0 Å². The van der Waals surface area contributed by atoms with Gasteiger partial charge in [-0.3, -0.25) is 4.79 Å². The summed E-state index contributed by atoms with van der Waals surface area (Å²) in [4.78, 5) is 21.5. The van der Waals surface area contributed by atoms with Gasteiger partial charge in [0.1, 0.15) is 0 Å². The van der Waals surface area contributed by atoms with Crippen LogP contribution >= 0.6 is 0 Å². The number of halogens is 1. The van der Waals surface area contributed by atoms with E-state index in [1.807, 2.05) is 6.92 Å². The maximum Gasteiger partial charge on any atom is 0.224 e. The first-order valence-electron chi connectivity index (χ1n) is 7.06. The van der Waals surface area contributed by atoms with Crippen LogP contribution in [-0.2, 0) is 9.53 Å². The van der Waals surface area contributed by atoms with E-state index in [1.54, 1.807) is 4.90 Å². The molecule has 116 valence electrons. The Kier molecular flexibility index (Phi) is 5.68. The second kappa shape index (κ2) is 7.72. The van der Waals surface area contributed by atoms with Gasteiger partial charge >= 0.3 is 0 Å². The van der Waals surface area contributed by atoms with Crippen molar-refractivity contribution in [1.82, 2.24) is 14.9 Å². The van der Waals surface area contributed by atoms with E-state index in [-0.39, 0.29) is 11.7 Å². The fourth-order valence-corrected chi connectivity index (χ4v) is 1.99. The van der Waals surface area contributed by atoms with Crippen LogP contribution in [0.15, 0.2) is 6.20 Å². The molecule has 0 aromatic carbocycles. The number of anilines is 2. The fourth-order valence-electron chi connectivity index (χ4n) is 1.99. The Balaban J connectivity index is 1.82. The summed E-state index contributed by atoms with van der Waals surface area (Å²) in [7, 11) is 0. The highest BCUT2D eigenvalue weighted by Gasteiger charge is 2.16. The Morgan fingerprint density at radius 1 is 1.43 bits per heavy atom. The van der Waals surface area contributed by atoms with Gasteiger partial charge in [-0.05, 0) is 6.92 Å². The van der Waals surface area contributed by atoms with E-state index in [2.05, 4.69) is 20.6 Å². The maximum absolute atomic E-state index is 13.6. The number of ether oxygens (including phenoxy) is 1. The van der Waals surface area contributed by atoms with Gasteiger partial charge in [-0.2, -0.15) is 4.98 Å². The van der Waals surface area contributed by atoms with E-state index in [4.69, 9.17) is 4.74 Å². The monoisotopic (exact) mass is 297 g/mol. The van der Waals surface area contributed by atoms with Gasteiger partial charge in [-0.25, -0.2) is 9.37 Å². The van der Waals surface area contributed by atoms with Crippen molar-refractivity contribution < 1.29 is 13.9 Å². The van der Waals surface area contributed by atoms with Crippen molar-refractivity contribution >= 4 is 17.7 Å². The molecule has 1 amide bonds. The topological polar surface area (TPSA) is 79.4 Å². The summed E-state index contributed by atoms with van der Waals surface area (Å²) >= 11 is 0. The molecular formula is C13H20FN5O2. The number of rotatable bonds is 6. The predicted molar refractivity (Wildman–Crippen MR) is 76.7 cm³/mol. The molecule has 1 aromatic rings. The first-order chi connectivity index (χ1) is 10.2. The molecule has 0 bridgehead atoms. The van der Waals surface area contributed by atoms with Gasteiger partial charge in [0.25, 0.3) is 0 Å². The molecule has 21 heavy (non-hydrogen) atoms. The minimum atomic E-state index is -0.532. The van der Waals surface area contributed by atoms with Crippen LogP contribution in [0.1, 0.15) is 13.3 Å². The number of amides is 1. The van der Waals surface area contributed by atoms with E-state index in [0.29, 0.717) is 51.8 Å². The number of nitrogens with zero attached hydrogens (tertiary/aromatic N) is 3. The number of carbonyl (C=O) groups excluding carboxylic acids is 1. The number of hydrogen-bond donors (Lipinski definition) is 2. The molecule has 1 fully saturated rings. The number of aromatic nitrogens is 2. The lowest BCUT2D eigenvalue weighted by Crippen LogP contribution is -2.41. The van der Waals surface area contributed by atoms with Crippen molar-refractivity contribution in [3.05, 3.63) is 12.0 Å². The molecule has 7 nitrogen and oxygen atoms in total. The van der Waals surface area contributed by atoms with Crippen LogP contribution in [0.25, 0.3) is 0 Å². The highest BCUT2D eigenvalue weighted by atomic mass is 19.1. The van der Waals surface area contributed by atoms with Crippen LogP contribution in [-0.4, -0.2) is 60.2 Å². The largest absolute Gasteiger partial charge is 0.378 e. The Labute approximate surface area is 122 Å². The zero-order valence-corrected chi connectivity index (χ0v) is 12.1. The lowest BCUT2D eigenvalue weighted by molar-refractivity contribution is -0.134. The smallest absolute Gasteiger partial charge is 0.224 e. The highest BCUT2D eigenvalue weighted by Crippen LogP contribution is 2.12. The fraction of sp³-hybridized carbons (Fsp3) is 0.615.